The maximum absolute atomic E-state index is 13.0. The smallest absolute Gasteiger partial charge is 0.214 e. The molecule has 0 spiro atoms. The molecule has 0 amide bonds. The molecule has 2 atom stereocenters. The minimum Gasteiger partial charge on any atom is -0.371 e. The fourth-order valence-electron chi connectivity index (χ4n) is 2.46. The first-order chi connectivity index (χ1) is 7.15. The van der Waals surface area contributed by atoms with Gasteiger partial charge in [-0.2, -0.15) is 4.39 Å². The van der Waals surface area contributed by atoms with Gasteiger partial charge < -0.3 is 4.90 Å². The van der Waals surface area contributed by atoms with Crippen LogP contribution in [0.3, 0.4) is 0 Å². The molecule has 0 saturated carbocycles. The average molecular weight is 208 g/mol. The van der Waals surface area contributed by atoms with Gasteiger partial charge in [-0.15, -0.1) is 0 Å². The molecule has 0 bridgehead atoms. The molecule has 2 rings (SSSR count). The van der Waals surface area contributed by atoms with Gasteiger partial charge in [0.2, 0.25) is 5.95 Å². The van der Waals surface area contributed by atoms with Gasteiger partial charge in [0.05, 0.1) is 0 Å². The molecule has 0 radical (unpaired) electrons. The minimum absolute atomic E-state index is 0.390. The number of aromatic nitrogens is 1. The summed E-state index contributed by atoms with van der Waals surface area (Å²) in [6.07, 6.45) is 2.80. The Kier molecular flexibility index (Phi) is 2.89. The van der Waals surface area contributed by atoms with E-state index in [1.165, 1.54) is 18.7 Å². The van der Waals surface area contributed by atoms with Crippen molar-refractivity contribution in [2.75, 3.05) is 18.0 Å². The summed E-state index contributed by atoms with van der Waals surface area (Å²) in [5.74, 6) is 0.980. The van der Waals surface area contributed by atoms with Gasteiger partial charge in [0, 0.05) is 31.0 Å². The van der Waals surface area contributed by atoms with Crippen LogP contribution in [0.15, 0.2) is 18.3 Å². The van der Waals surface area contributed by atoms with Crippen LogP contribution in [-0.2, 0) is 0 Å². The SMILES string of the molecule is C[C@@H]1C[C@@H](C)CN(c2ccnc(F)c2)C1. The number of nitrogens with zero attached hydrogens (tertiary/aromatic N) is 2. The van der Waals surface area contributed by atoms with Gasteiger partial charge in [-0.25, -0.2) is 4.98 Å². The van der Waals surface area contributed by atoms with E-state index >= 15 is 0 Å². The molecule has 3 heteroatoms. The van der Waals surface area contributed by atoms with Crippen molar-refractivity contribution in [1.29, 1.82) is 0 Å². The first kappa shape index (κ1) is 10.4. The summed E-state index contributed by atoms with van der Waals surface area (Å²) in [6.45, 7) is 6.54. The molecule has 0 aromatic carbocycles. The minimum atomic E-state index is -0.390. The van der Waals surface area contributed by atoms with Gasteiger partial charge >= 0.3 is 0 Å². The van der Waals surface area contributed by atoms with E-state index in [-0.39, 0.29) is 0 Å². The van der Waals surface area contributed by atoms with E-state index < -0.39 is 5.95 Å². The molecule has 82 valence electrons. The third-order valence-electron chi connectivity index (χ3n) is 2.94. The van der Waals surface area contributed by atoms with E-state index in [0.717, 1.165) is 18.8 Å². The van der Waals surface area contributed by atoms with Crippen LogP contribution in [0.25, 0.3) is 0 Å². The highest BCUT2D eigenvalue weighted by atomic mass is 19.1. The lowest BCUT2D eigenvalue weighted by Gasteiger charge is -2.36. The highest BCUT2D eigenvalue weighted by molar-refractivity contribution is 5.45. The van der Waals surface area contributed by atoms with Crippen molar-refractivity contribution in [2.24, 2.45) is 11.8 Å². The molecule has 1 fully saturated rings. The first-order valence-electron chi connectivity index (χ1n) is 5.51. The highest BCUT2D eigenvalue weighted by Crippen LogP contribution is 2.25. The van der Waals surface area contributed by atoms with Crippen LogP contribution in [0.5, 0.6) is 0 Å². The number of anilines is 1. The van der Waals surface area contributed by atoms with Gasteiger partial charge in [0.25, 0.3) is 0 Å². The maximum atomic E-state index is 13.0. The lowest BCUT2D eigenvalue weighted by atomic mass is 9.91. The Morgan fingerprint density at radius 1 is 1.33 bits per heavy atom. The quantitative estimate of drug-likeness (QED) is 0.660. The molecule has 1 aromatic rings. The number of hydrogen-bond donors (Lipinski definition) is 0. The molecule has 0 unspecified atom stereocenters. The Morgan fingerprint density at radius 2 is 2.00 bits per heavy atom. The number of halogens is 1. The maximum Gasteiger partial charge on any atom is 0.214 e. The highest BCUT2D eigenvalue weighted by Gasteiger charge is 2.22. The van der Waals surface area contributed by atoms with Crippen LogP contribution in [0.4, 0.5) is 10.1 Å². The standard InChI is InChI=1S/C12H17FN2/c1-9-5-10(2)8-15(7-9)11-3-4-14-12(13)6-11/h3-4,6,9-10H,5,7-8H2,1-2H3/t9-,10-/m1/s1. The van der Waals surface area contributed by atoms with Crippen molar-refractivity contribution in [3.05, 3.63) is 24.3 Å². The van der Waals surface area contributed by atoms with Gasteiger partial charge in [0.15, 0.2) is 0 Å². The van der Waals surface area contributed by atoms with Crippen LogP contribution >= 0.6 is 0 Å². The molecular formula is C12H17FN2. The molecule has 1 saturated heterocycles. The molecule has 0 aliphatic carbocycles. The van der Waals surface area contributed by atoms with Crippen LogP contribution in [0.2, 0.25) is 0 Å². The summed E-state index contributed by atoms with van der Waals surface area (Å²) in [5.41, 5.74) is 0.959. The summed E-state index contributed by atoms with van der Waals surface area (Å²) in [5, 5.41) is 0. The summed E-state index contributed by atoms with van der Waals surface area (Å²) < 4.78 is 13.0. The molecule has 2 nitrogen and oxygen atoms in total. The van der Waals surface area contributed by atoms with Gasteiger partial charge in [-0.3, -0.25) is 0 Å². The normalized spacial score (nSPS) is 26.7. The van der Waals surface area contributed by atoms with Gasteiger partial charge in [0.1, 0.15) is 0 Å². The second-order valence-corrected chi connectivity index (χ2v) is 4.69. The Morgan fingerprint density at radius 3 is 2.60 bits per heavy atom. The monoisotopic (exact) mass is 208 g/mol. The molecule has 1 aliphatic rings. The second-order valence-electron chi connectivity index (χ2n) is 4.69. The predicted molar refractivity (Wildman–Crippen MR) is 59.4 cm³/mol. The summed E-state index contributed by atoms with van der Waals surface area (Å²) >= 11 is 0. The second kappa shape index (κ2) is 4.17. The van der Waals surface area contributed by atoms with Crippen molar-refractivity contribution in [3.63, 3.8) is 0 Å². The Bertz CT molecular complexity index is 330. The van der Waals surface area contributed by atoms with Crippen molar-refractivity contribution < 1.29 is 4.39 Å². The third kappa shape index (κ3) is 2.46. The van der Waals surface area contributed by atoms with E-state index in [2.05, 4.69) is 23.7 Å². The number of piperidine rings is 1. The Balaban J connectivity index is 2.16. The zero-order chi connectivity index (χ0) is 10.8. The van der Waals surface area contributed by atoms with Crippen LogP contribution in [0, 0.1) is 17.8 Å². The lowest BCUT2D eigenvalue weighted by Crippen LogP contribution is -2.38. The summed E-state index contributed by atoms with van der Waals surface area (Å²) in [4.78, 5) is 5.83. The molecular weight excluding hydrogens is 191 g/mol. The Labute approximate surface area is 90.1 Å². The molecule has 0 N–H and O–H groups in total. The van der Waals surface area contributed by atoms with E-state index in [9.17, 15) is 4.39 Å². The van der Waals surface area contributed by atoms with Crippen LogP contribution in [0.1, 0.15) is 20.3 Å². The van der Waals surface area contributed by atoms with E-state index in [1.807, 2.05) is 6.07 Å². The van der Waals surface area contributed by atoms with Crippen LogP contribution in [-0.4, -0.2) is 18.1 Å². The number of hydrogen-bond acceptors (Lipinski definition) is 2. The van der Waals surface area contributed by atoms with Crippen molar-refractivity contribution >= 4 is 5.69 Å². The number of rotatable bonds is 1. The number of pyridine rings is 1. The van der Waals surface area contributed by atoms with Crippen molar-refractivity contribution in [1.82, 2.24) is 4.98 Å². The average Bonchev–Trinajstić information content (AvgIpc) is 2.16. The van der Waals surface area contributed by atoms with E-state index in [4.69, 9.17) is 0 Å². The van der Waals surface area contributed by atoms with Crippen LogP contribution < -0.4 is 4.90 Å². The molecule has 1 aliphatic heterocycles. The largest absolute Gasteiger partial charge is 0.371 e. The zero-order valence-corrected chi connectivity index (χ0v) is 9.28. The summed E-state index contributed by atoms with van der Waals surface area (Å²) in [6, 6.07) is 3.40. The molecule has 2 heterocycles. The van der Waals surface area contributed by atoms with Gasteiger partial charge in [-0.1, -0.05) is 13.8 Å². The first-order valence-corrected chi connectivity index (χ1v) is 5.51. The molecule has 15 heavy (non-hydrogen) atoms. The zero-order valence-electron chi connectivity index (χ0n) is 9.28. The van der Waals surface area contributed by atoms with E-state index in [0.29, 0.717) is 11.8 Å². The predicted octanol–water partition coefficient (Wildman–Crippen LogP) is 2.70. The van der Waals surface area contributed by atoms with E-state index in [1.54, 1.807) is 0 Å². The fraction of sp³-hybridized carbons (Fsp3) is 0.583. The lowest BCUT2D eigenvalue weighted by molar-refractivity contribution is 0.356. The fourth-order valence-corrected chi connectivity index (χ4v) is 2.46. The van der Waals surface area contributed by atoms with Gasteiger partial charge in [-0.05, 0) is 24.3 Å². The molecule has 1 aromatic heterocycles. The third-order valence-corrected chi connectivity index (χ3v) is 2.94. The Hall–Kier alpha value is -1.12. The topological polar surface area (TPSA) is 16.1 Å². The van der Waals surface area contributed by atoms with Crippen molar-refractivity contribution in [2.45, 2.75) is 20.3 Å². The van der Waals surface area contributed by atoms with Crippen molar-refractivity contribution in [3.8, 4) is 0 Å². The summed E-state index contributed by atoms with van der Waals surface area (Å²) in [7, 11) is 0.